The van der Waals surface area contributed by atoms with Crippen molar-refractivity contribution in [2.45, 2.75) is 87.4 Å². The fraction of sp³-hybridized carbons (Fsp3) is 0.594. The Balaban J connectivity index is 1.26. The summed E-state index contributed by atoms with van der Waals surface area (Å²) >= 11 is 4.11. The van der Waals surface area contributed by atoms with Gasteiger partial charge in [-0.15, -0.1) is 0 Å². The number of alkyl halides is 2. The molecule has 7 unspecified atom stereocenters. The Morgan fingerprint density at radius 2 is 1.91 bits per heavy atom. The lowest BCUT2D eigenvalue weighted by molar-refractivity contribution is -0.119. The highest BCUT2D eigenvalue weighted by Gasteiger charge is 2.47. The van der Waals surface area contributed by atoms with Gasteiger partial charge in [-0.25, -0.2) is 13.2 Å². The van der Waals surface area contributed by atoms with Gasteiger partial charge in [-0.2, -0.15) is 0 Å². The van der Waals surface area contributed by atoms with Gasteiger partial charge in [0.25, 0.3) is 0 Å². The van der Waals surface area contributed by atoms with Crippen molar-refractivity contribution in [3.05, 3.63) is 64.4 Å². The van der Waals surface area contributed by atoms with Crippen LogP contribution in [0.5, 0.6) is 0 Å². The predicted octanol–water partition coefficient (Wildman–Crippen LogP) is 5.23. The summed E-state index contributed by atoms with van der Waals surface area (Å²) in [6, 6.07) is 11.9. The van der Waals surface area contributed by atoms with E-state index in [0.29, 0.717) is 60.5 Å². The molecule has 2 aromatic rings. The molecule has 2 aromatic carbocycles. The number of hydrogen-bond donors (Lipinski definition) is 3. The monoisotopic (exact) mass is 653 g/mol. The minimum Gasteiger partial charge on any atom is -0.772 e. The number of amides is 1. The van der Waals surface area contributed by atoms with E-state index in [2.05, 4.69) is 20.9 Å². The van der Waals surface area contributed by atoms with Crippen LogP contribution < -0.4 is 16.0 Å². The van der Waals surface area contributed by atoms with Crippen LogP contribution in [0.4, 0.5) is 18.9 Å². The first-order valence-corrected chi connectivity index (χ1v) is 17.1. The largest absolute Gasteiger partial charge is 0.772 e. The van der Waals surface area contributed by atoms with E-state index in [1.807, 2.05) is 12.1 Å². The number of piperazine rings is 1. The van der Waals surface area contributed by atoms with E-state index >= 15 is 4.39 Å². The van der Waals surface area contributed by atoms with E-state index in [9.17, 15) is 22.3 Å². The van der Waals surface area contributed by atoms with Gasteiger partial charge in [-0.1, -0.05) is 40.9 Å². The molecule has 0 bridgehead atoms. The second-order valence-corrected chi connectivity index (χ2v) is 13.9. The van der Waals surface area contributed by atoms with E-state index in [1.165, 1.54) is 6.07 Å². The van der Waals surface area contributed by atoms with Gasteiger partial charge < -0.3 is 20.5 Å². The zero-order valence-corrected chi connectivity index (χ0v) is 26.4. The lowest BCUT2D eigenvalue weighted by Gasteiger charge is -2.37. The molecule has 5 rings (SSSR count). The number of nitrogens with zero attached hydrogens (tertiary/aromatic N) is 1. The third-order valence-electron chi connectivity index (χ3n) is 9.65. The molecule has 3 aliphatic rings. The molecule has 12 heteroatoms. The number of nitrogens with one attached hydrogen (secondary N) is 3. The Hall–Kier alpha value is -2.02. The number of carbonyl (C=O) groups is 1. The number of likely N-dealkylation sites (N-methyl/N-ethyl adjacent to an activating group) is 1. The maximum Gasteiger partial charge on any atom is 0.248 e. The Kier molecular flexibility index (Phi) is 11.1. The molecule has 7 atom stereocenters. The second kappa shape index (κ2) is 14.6. The van der Waals surface area contributed by atoms with Crippen LogP contribution in [-0.2, 0) is 22.3 Å². The lowest BCUT2D eigenvalue weighted by atomic mass is 9.72. The minimum atomic E-state index is -2.69. The summed E-state index contributed by atoms with van der Waals surface area (Å²) in [5.74, 6) is -3.77. The van der Waals surface area contributed by atoms with Crippen LogP contribution in [0.3, 0.4) is 0 Å². The van der Waals surface area contributed by atoms with Gasteiger partial charge in [-0.05, 0) is 81.3 Å². The van der Waals surface area contributed by atoms with Gasteiger partial charge in [0.05, 0.1) is 6.04 Å². The van der Waals surface area contributed by atoms with Gasteiger partial charge in [0.1, 0.15) is 5.82 Å². The van der Waals surface area contributed by atoms with E-state index < -0.39 is 23.0 Å². The quantitative estimate of drug-likeness (QED) is 0.202. The fourth-order valence-corrected chi connectivity index (χ4v) is 7.77. The molecule has 3 N–H and O–H groups in total. The number of anilines is 1. The molecule has 2 saturated heterocycles. The molecule has 1 saturated carbocycles. The van der Waals surface area contributed by atoms with Crippen molar-refractivity contribution in [1.29, 1.82) is 0 Å². The lowest BCUT2D eigenvalue weighted by Crippen LogP contribution is -2.49. The maximum atomic E-state index is 15.2. The van der Waals surface area contributed by atoms with Crippen LogP contribution in [0, 0.1) is 11.7 Å². The zero-order valence-electron chi connectivity index (χ0n) is 24.9. The van der Waals surface area contributed by atoms with E-state index in [1.54, 1.807) is 31.3 Å². The molecule has 2 aliphatic heterocycles. The highest BCUT2D eigenvalue weighted by atomic mass is 35.5. The van der Waals surface area contributed by atoms with Gasteiger partial charge in [0.2, 0.25) is 11.8 Å². The normalized spacial score (nSPS) is 26.8. The Bertz CT molecular complexity index is 1310. The number of hydrogen-bond acceptors (Lipinski definition) is 6. The van der Waals surface area contributed by atoms with Gasteiger partial charge in [0.15, 0.2) is 0 Å². The first-order chi connectivity index (χ1) is 21.1. The van der Waals surface area contributed by atoms with Crippen LogP contribution in [-0.4, -0.2) is 75.5 Å². The highest BCUT2D eigenvalue weighted by molar-refractivity contribution is 7.79. The Morgan fingerprint density at radius 3 is 2.59 bits per heavy atom. The zero-order chi connectivity index (χ0) is 31.4. The summed E-state index contributed by atoms with van der Waals surface area (Å²) in [5, 5.41) is 10.2. The molecule has 7 nitrogen and oxygen atoms in total. The minimum absolute atomic E-state index is 0.142. The Labute approximate surface area is 265 Å². The fourth-order valence-electron chi connectivity index (χ4n) is 7.24. The number of benzene rings is 2. The Morgan fingerprint density at radius 1 is 1.18 bits per heavy atom. The molecule has 0 radical (unpaired) electrons. The first-order valence-electron chi connectivity index (χ1n) is 15.5. The third-order valence-corrected chi connectivity index (χ3v) is 10.5. The molecule has 0 spiro atoms. The van der Waals surface area contributed by atoms with Crippen molar-refractivity contribution in [3.63, 3.8) is 0 Å². The molecule has 44 heavy (non-hydrogen) atoms. The van der Waals surface area contributed by atoms with Crippen LogP contribution >= 0.6 is 11.6 Å². The van der Waals surface area contributed by atoms with Gasteiger partial charge >= 0.3 is 0 Å². The number of fused-ring (bicyclic) bond motifs is 1. The molecule has 2 heterocycles. The molecule has 242 valence electrons. The van der Waals surface area contributed by atoms with Crippen LogP contribution in [0.1, 0.15) is 62.0 Å². The number of rotatable bonds is 13. The van der Waals surface area contributed by atoms with Crippen molar-refractivity contribution in [2.24, 2.45) is 5.92 Å². The summed E-state index contributed by atoms with van der Waals surface area (Å²) in [6.07, 6.45) is 2.71. The van der Waals surface area contributed by atoms with E-state index in [-0.39, 0.29) is 48.2 Å². The maximum absolute atomic E-state index is 15.2. The molecular weight excluding hydrogens is 613 g/mol. The summed E-state index contributed by atoms with van der Waals surface area (Å²) in [4.78, 5) is 16.2. The topological polar surface area (TPSA) is 96.3 Å². The van der Waals surface area contributed by atoms with Crippen LogP contribution in [0.25, 0.3) is 0 Å². The summed E-state index contributed by atoms with van der Waals surface area (Å²) in [6.45, 7) is 1.70. The second-order valence-electron chi connectivity index (χ2n) is 12.4. The van der Waals surface area contributed by atoms with Crippen molar-refractivity contribution in [2.75, 3.05) is 31.2 Å². The first kappa shape index (κ1) is 33.3. The van der Waals surface area contributed by atoms with Gasteiger partial charge in [-0.3, -0.25) is 13.9 Å². The standard InChI is InChI=1S/C32H42ClF3N4O3S/c1-37-30(29(20-7-9-22(33)10-8-20)21-13-15-32(35,36)16-14-21)31(41)39-26-6-2-5-25(34)24(26)11-12-27-28-19-40(28)23(18-38-27)4-3-17-44(42)43/h2,5-10,21,23,27-30,37-38H,3-4,11-19H2,1H3,(H,39,41)(H,42,43)/p-1. The molecule has 1 aliphatic carbocycles. The number of halogens is 4. The van der Waals surface area contributed by atoms with Gasteiger partial charge in [0, 0.05) is 72.0 Å². The van der Waals surface area contributed by atoms with Crippen LogP contribution in [0.15, 0.2) is 42.5 Å². The molecular formula is C32H41ClF3N4O3S-. The summed E-state index contributed by atoms with van der Waals surface area (Å²) in [5.41, 5.74) is 1.69. The highest BCUT2D eigenvalue weighted by Crippen LogP contribution is 2.44. The molecule has 0 aromatic heterocycles. The smallest absolute Gasteiger partial charge is 0.248 e. The van der Waals surface area contributed by atoms with Crippen molar-refractivity contribution < 1.29 is 26.7 Å². The SMILES string of the molecule is CNC(C(=O)Nc1cccc(F)c1CCC1NCC(CCCS(=O)[O-])N2CC12)C(c1ccc(Cl)cc1)C1CCC(F)(F)CC1. The molecule has 3 fully saturated rings. The average Bonchev–Trinajstić information content (AvgIpc) is 3.79. The molecule has 1 amide bonds. The van der Waals surface area contributed by atoms with Crippen molar-refractivity contribution in [3.8, 4) is 0 Å². The van der Waals surface area contributed by atoms with E-state index in [4.69, 9.17) is 11.6 Å². The van der Waals surface area contributed by atoms with Crippen molar-refractivity contribution >= 4 is 34.3 Å². The average molecular weight is 654 g/mol. The summed E-state index contributed by atoms with van der Waals surface area (Å²) in [7, 11) is 1.68. The van der Waals surface area contributed by atoms with Crippen molar-refractivity contribution in [1.82, 2.24) is 15.5 Å². The predicted molar refractivity (Wildman–Crippen MR) is 166 cm³/mol. The van der Waals surface area contributed by atoms with Crippen LogP contribution in [0.2, 0.25) is 5.02 Å². The summed E-state index contributed by atoms with van der Waals surface area (Å²) < 4.78 is 65.1. The number of carbonyl (C=O) groups excluding carboxylic acids is 1. The van der Waals surface area contributed by atoms with E-state index in [0.717, 1.165) is 25.1 Å². The third kappa shape index (κ3) is 8.22.